The van der Waals surface area contributed by atoms with Gasteiger partial charge in [-0.25, -0.2) is 0 Å². The predicted octanol–water partition coefficient (Wildman–Crippen LogP) is 14.0. The molecule has 3 heterocycles. The standard InChI is InChI=1S/C45H64O4S2Si2/c1-41(2,3)29-21-27(22-30(42(4,5)6)37(29)48-52(13,14)15)35-25-33-39(50-35)40-34(45(33)46-19-20-47-45)26-36(51-40)28-23-31(43(7,8)9)38(49-53(16,17)18)32(24-28)44(10,11)12/h21-26H,19-20H2,1-18H3. The Morgan fingerprint density at radius 1 is 0.491 bits per heavy atom. The summed E-state index contributed by atoms with van der Waals surface area (Å²) in [6, 6.07) is 14.3. The average molecular weight is 789 g/mol. The smallest absolute Gasteiger partial charge is 0.242 e. The summed E-state index contributed by atoms with van der Waals surface area (Å²) in [5.74, 6) is 1.27. The lowest BCUT2D eigenvalue weighted by molar-refractivity contribution is -0.126. The summed E-state index contributed by atoms with van der Waals surface area (Å²) in [6.45, 7) is 42.5. The number of hydrogen-bond donors (Lipinski definition) is 0. The zero-order chi connectivity index (χ0) is 39.5. The van der Waals surface area contributed by atoms with Crippen LogP contribution in [0.4, 0.5) is 0 Å². The number of thiophene rings is 2. The van der Waals surface area contributed by atoms with E-state index in [-0.39, 0.29) is 21.7 Å². The van der Waals surface area contributed by atoms with Crippen molar-refractivity contribution in [3.05, 3.63) is 69.8 Å². The summed E-state index contributed by atoms with van der Waals surface area (Å²) in [5, 5.41) is 0. The number of benzene rings is 2. The minimum absolute atomic E-state index is 0.0901. The fourth-order valence-electron chi connectivity index (χ4n) is 7.36. The Kier molecular flexibility index (Phi) is 9.86. The molecule has 0 bridgehead atoms. The van der Waals surface area contributed by atoms with Gasteiger partial charge < -0.3 is 18.3 Å². The second-order valence-corrected chi connectivity index (χ2v) is 32.2. The van der Waals surface area contributed by atoms with Crippen molar-refractivity contribution >= 4 is 39.3 Å². The van der Waals surface area contributed by atoms with Gasteiger partial charge in [0, 0.05) is 20.9 Å². The van der Waals surface area contributed by atoms with E-state index >= 15 is 0 Å². The van der Waals surface area contributed by atoms with Crippen LogP contribution >= 0.6 is 22.7 Å². The Morgan fingerprint density at radius 3 is 1.02 bits per heavy atom. The highest BCUT2D eigenvalue weighted by Gasteiger charge is 2.51. The highest BCUT2D eigenvalue weighted by Crippen LogP contribution is 2.61. The first-order valence-electron chi connectivity index (χ1n) is 19.3. The third-order valence-electron chi connectivity index (χ3n) is 9.87. The van der Waals surface area contributed by atoms with Gasteiger partial charge in [0.1, 0.15) is 11.5 Å². The molecule has 1 fully saturated rings. The Hall–Kier alpha value is -2.21. The first-order chi connectivity index (χ1) is 24.0. The molecular weight excluding hydrogens is 725 g/mol. The Labute approximate surface area is 330 Å². The van der Waals surface area contributed by atoms with E-state index in [0.29, 0.717) is 13.2 Å². The molecule has 1 aliphatic carbocycles. The van der Waals surface area contributed by atoms with E-state index in [1.165, 1.54) is 52.9 Å². The van der Waals surface area contributed by atoms with Crippen molar-refractivity contribution in [2.45, 2.75) is 150 Å². The monoisotopic (exact) mass is 788 g/mol. The number of fused-ring (bicyclic) bond motifs is 5. The zero-order valence-electron chi connectivity index (χ0n) is 35.8. The molecule has 0 atom stereocenters. The van der Waals surface area contributed by atoms with Gasteiger partial charge in [0.15, 0.2) is 0 Å². The van der Waals surface area contributed by atoms with Crippen LogP contribution in [0.25, 0.3) is 30.6 Å². The minimum Gasteiger partial charge on any atom is -0.544 e. The zero-order valence-corrected chi connectivity index (χ0v) is 39.5. The maximum atomic E-state index is 6.92. The molecule has 4 aromatic rings. The van der Waals surface area contributed by atoms with Crippen LogP contribution in [0.15, 0.2) is 36.4 Å². The first kappa shape index (κ1) is 40.5. The second kappa shape index (κ2) is 12.9. The lowest BCUT2D eigenvalue weighted by Crippen LogP contribution is -2.32. The molecule has 0 radical (unpaired) electrons. The fraction of sp³-hybridized carbons (Fsp3) is 0.556. The van der Waals surface area contributed by atoms with Gasteiger partial charge in [-0.3, -0.25) is 0 Å². The number of ether oxygens (including phenoxy) is 2. The number of hydrogen-bond acceptors (Lipinski definition) is 6. The van der Waals surface area contributed by atoms with Crippen LogP contribution in [0.5, 0.6) is 11.5 Å². The summed E-state index contributed by atoms with van der Waals surface area (Å²) in [4.78, 5) is 5.00. The maximum Gasteiger partial charge on any atom is 0.242 e. The summed E-state index contributed by atoms with van der Waals surface area (Å²) in [7, 11) is -3.76. The maximum absolute atomic E-state index is 6.92. The summed E-state index contributed by atoms with van der Waals surface area (Å²) < 4.78 is 27.2. The molecule has 2 aliphatic rings. The van der Waals surface area contributed by atoms with Crippen LogP contribution < -0.4 is 8.85 Å². The first-order valence-corrected chi connectivity index (χ1v) is 27.8. The van der Waals surface area contributed by atoms with Crippen LogP contribution in [0, 0.1) is 0 Å². The molecule has 1 aliphatic heterocycles. The molecule has 288 valence electrons. The van der Waals surface area contributed by atoms with Gasteiger partial charge in [-0.05, 0) is 131 Å². The Morgan fingerprint density at radius 2 is 0.774 bits per heavy atom. The second-order valence-electron chi connectivity index (χ2n) is 21.3. The van der Waals surface area contributed by atoms with Crippen molar-refractivity contribution in [1.29, 1.82) is 0 Å². The van der Waals surface area contributed by atoms with Crippen molar-refractivity contribution in [3.8, 4) is 42.1 Å². The average Bonchev–Trinajstić information content (AvgIpc) is 3.74. The van der Waals surface area contributed by atoms with E-state index in [0.717, 1.165) is 22.6 Å². The molecular formula is C45H64O4S2Si2. The van der Waals surface area contributed by atoms with Crippen LogP contribution in [0.1, 0.15) is 116 Å². The van der Waals surface area contributed by atoms with Gasteiger partial charge in [0.2, 0.25) is 22.4 Å². The van der Waals surface area contributed by atoms with Crippen LogP contribution in [0.3, 0.4) is 0 Å². The summed E-state index contributed by atoms with van der Waals surface area (Å²) >= 11 is 3.74. The van der Waals surface area contributed by atoms with Gasteiger partial charge in [0.25, 0.3) is 0 Å². The summed E-state index contributed by atoms with van der Waals surface area (Å²) in [6.07, 6.45) is 0. The quantitative estimate of drug-likeness (QED) is 0.182. The molecule has 0 N–H and O–H groups in total. The van der Waals surface area contributed by atoms with Crippen LogP contribution in [-0.4, -0.2) is 29.8 Å². The minimum atomic E-state index is -1.88. The molecule has 8 heteroatoms. The summed E-state index contributed by atoms with van der Waals surface area (Å²) in [5.41, 5.74) is 9.46. The molecule has 0 amide bonds. The SMILES string of the molecule is CC(C)(C)c1cc(-c2cc3c(s2)-c2sc(-c4cc(C(C)(C)C)c(O[Si](C)(C)C)c(C(C)(C)C)c4)cc2C32OCCO2)cc(C(C)(C)C)c1O[Si](C)(C)C. The highest BCUT2D eigenvalue weighted by atomic mass is 32.1. The van der Waals surface area contributed by atoms with E-state index in [1.807, 2.05) is 22.7 Å². The van der Waals surface area contributed by atoms with Crippen molar-refractivity contribution < 1.29 is 18.3 Å². The third kappa shape index (κ3) is 7.80. The van der Waals surface area contributed by atoms with E-state index in [2.05, 4.69) is 159 Å². The van der Waals surface area contributed by atoms with Gasteiger partial charge in [-0.2, -0.15) is 0 Å². The highest BCUT2D eigenvalue weighted by molar-refractivity contribution is 7.25. The molecule has 1 saturated heterocycles. The largest absolute Gasteiger partial charge is 0.544 e. The molecule has 53 heavy (non-hydrogen) atoms. The van der Waals surface area contributed by atoms with E-state index in [9.17, 15) is 0 Å². The van der Waals surface area contributed by atoms with Gasteiger partial charge in [-0.15, -0.1) is 22.7 Å². The normalized spacial score (nSPS) is 16.3. The van der Waals surface area contributed by atoms with Gasteiger partial charge in [0.05, 0.1) is 23.0 Å². The van der Waals surface area contributed by atoms with Crippen LogP contribution in [-0.2, 0) is 36.9 Å². The third-order valence-corrected chi connectivity index (χ3v) is 14.0. The predicted molar refractivity (Wildman–Crippen MR) is 234 cm³/mol. The van der Waals surface area contributed by atoms with Crippen molar-refractivity contribution in [2.75, 3.05) is 13.2 Å². The molecule has 2 aromatic heterocycles. The molecule has 4 nitrogen and oxygen atoms in total. The van der Waals surface area contributed by atoms with Crippen molar-refractivity contribution in [2.24, 2.45) is 0 Å². The van der Waals surface area contributed by atoms with E-state index < -0.39 is 22.4 Å². The van der Waals surface area contributed by atoms with Gasteiger partial charge in [-0.1, -0.05) is 83.1 Å². The Bertz CT molecular complexity index is 1830. The van der Waals surface area contributed by atoms with Crippen molar-refractivity contribution in [3.63, 3.8) is 0 Å². The lowest BCUT2D eigenvalue weighted by atomic mass is 9.78. The van der Waals surface area contributed by atoms with Gasteiger partial charge >= 0.3 is 0 Å². The van der Waals surface area contributed by atoms with Crippen LogP contribution in [0.2, 0.25) is 39.3 Å². The topological polar surface area (TPSA) is 36.9 Å². The fourth-order valence-corrected chi connectivity index (χ4v) is 11.6. The van der Waals surface area contributed by atoms with E-state index in [4.69, 9.17) is 18.3 Å². The molecule has 0 saturated carbocycles. The number of rotatable bonds is 6. The Balaban J connectivity index is 1.55. The molecule has 0 unspecified atom stereocenters. The lowest BCUT2D eigenvalue weighted by Gasteiger charge is -2.34. The van der Waals surface area contributed by atoms with Crippen molar-refractivity contribution in [1.82, 2.24) is 0 Å². The molecule has 6 rings (SSSR count). The molecule has 1 spiro atoms. The molecule has 2 aromatic carbocycles. The van der Waals surface area contributed by atoms with E-state index in [1.54, 1.807) is 0 Å².